The Morgan fingerprint density at radius 2 is 2.00 bits per heavy atom. The van der Waals surface area contributed by atoms with Crippen LogP contribution in [0.2, 0.25) is 0 Å². The van der Waals surface area contributed by atoms with Gasteiger partial charge < -0.3 is 14.7 Å². The summed E-state index contributed by atoms with van der Waals surface area (Å²) in [7, 11) is 1.56. The Balaban J connectivity index is 1.73. The summed E-state index contributed by atoms with van der Waals surface area (Å²) in [6, 6.07) is 7.33. The Morgan fingerprint density at radius 3 is 2.64 bits per heavy atom. The van der Waals surface area contributed by atoms with Crippen molar-refractivity contribution in [3.8, 4) is 0 Å². The lowest BCUT2D eigenvalue weighted by Gasteiger charge is -2.21. The van der Waals surface area contributed by atoms with Gasteiger partial charge in [-0.15, -0.1) is 0 Å². The molecule has 4 unspecified atom stereocenters. The zero-order chi connectivity index (χ0) is 15.9. The first kappa shape index (κ1) is 15.0. The van der Waals surface area contributed by atoms with E-state index in [-0.39, 0.29) is 23.8 Å². The van der Waals surface area contributed by atoms with E-state index in [4.69, 9.17) is 4.74 Å². The van der Waals surface area contributed by atoms with Crippen molar-refractivity contribution < 1.29 is 19.4 Å². The van der Waals surface area contributed by atoms with Crippen LogP contribution >= 0.6 is 0 Å². The summed E-state index contributed by atoms with van der Waals surface area (Å²) in [5.74, 6) is -0.843. The number of aliphatic carboxylic acids is 1. The monoisotopic (exact) mass is 303 g/mol. The zero-order valence-electron chi connectivity index (χ0n) is 12.9. The molecule has 2 fully saturated rings. The van der Waals surface area contributed by atoms with Crippen molar-refractivity contribution in [2.45, 2.75) is 37.8 Å². The minimum absolute atomic E-state index is 0.0415. The summed E-state index contributed by atoms with van der Waals surface area (Å²) in [5, 5.41) is 9.33. The first-order valence-corrected chi connectivity index (χ1v) is 7.64. The maximum Gasteiger partial charge on any atom is 0.326 e. The van der Waals surface area contributed by atoms with E-state index in [0.717, 1.165) is 6.42 Å². The number of aryl methyl sites for hydroxylation is 1. The lowest BCUT2D eigenvalue weighted by atomic mass is 10.0. The number of amides is 1. The molecule has 1 aliphatic carbocycles. The Morgan fingerprint density at radius 1 is 1.27 bits per heavy atom. The predicted octanol–water partition coefficient (Wildman–Crippen LogP) is 1.80. The number of benzene rings is 1. The minimum Gasteiger partial charge on any atom is -0.480 e. The zero-order valence-corrected chi connectivity index (χ0v) is 12.9. The van der Waals surface area contributed by atoms with Crippen LogP contribution in [0.3, 0.4) is 0 Å². The number of rotatable bonds is 4. The molecule has 3 rings (SSSR count). The molecule has 2 aliphatic rings. The number of carbonyl (C=O) groups is 2. The fourth-order valence-electron chi connectivity index (χ4n) is 3.47. The normalized spacial score (nSPS) is 30.4. The van der Waals surface area contributed by atoms with E-state index in [9.17, 15) is 14.7 Å². The molecule has 0 bridgehead atoms. The third kappa shape index (κ3) is 2.61. The van der Waals surface area contributed by atoms with Gasteiger partial charge in [0.2, 0.25) is 5.91 Å². The number of methoxy groups -OCH3 is 1. The summed E-state index contributed by atoms with van der Waals surface area (Å²) in [6.45, 7) is 2.43. The van der Waals surface area contributed by atoms with Crippen molar-refractivity contribution in [1.82, 2.24) is 4.90 Å². The molecule has 1 aromatic rings. The molecule has 1 aliphatic heterocycles. The molecule has 1 amide bonds. The maximum absolute atomic E-state index is 12.7. The van der Waals surface area contributed by atoms with Crippen LogP contribution in [0.25, 0.3) is 0 Å². The quantitative estimate of drug-likeness (QED) is 0.921. The van der Waals surface area contributed by atoms with Crippen molar-refractivity contribution >= 4 is 11.9 Å². The molecule has 5 nitrogen and oxygen atoms in total. The Labute approximate surface area is 129 Å². The number of carboxylic acid groups (broad SMARTS) is 1. The highest BCUT2D eigenvalue weighted by atomic mass is 16.5. The molecule has 1 aromatic carbocycles. The lowest BCUT2D eigenvalue weighted by molar-refractivity contribution is -0.148. The van der Waals surface area contributed by atoms with Crippen molar-refractivity contribution in [1.29, 1.82) is 0 Å². The molecular formula is C17H21NO4. The van der Waals surface area contributed by atoms with E-state index >= 15 is 0 Å². The molecule has 1 saturated carbocycles. The maximum atomic E-state index is 12.7. The van der Waals surface area contributed by atoms with Gasteiger partial charge in [-0.1, -0.05) is 24.3 Å². The molecule has 1 heterocycles. The number of hydrogen-bond donors (Lipinski definition) is 1. The van der Waals surface area contributed by atoms with E-state index < -0.39 is 12.0 Å². The smallest absolute Gasteiger partial charge is 0.326 e. The van der Waals surface area contributed by atoms with Gasteiger partial charge >= 0.3 is 5.97 Å². The van der Waals surface area contributed by atoms with Gasteiger partial charge in [0.15, 0.2) is 0 Å². The van der Waals surface area contributed by atoms with Crippen LogP contribution in [-0.4, -0.2) is 47.7 Å². The summed E-state index contributed by atoms with van der Waals surface area (Å²) >= 11 is 0. The number of carboxylic acids is 1. The molecule has 0 spiro atoms. The van der Waals surface area contributed by atoms with E-state index in [1.807, 2.05) is 25.1 Å². The third-order valence-electron chi connectivity index (χ3n) is 4.86. The van der Waals surface area contributed by atoms with Crippen molar-refractivity contribution in [2.24, 2.45) is 5.92 Å². The summed E-state index contributed by atoms with van der Waals surface area (Å²) in [6.07, 6.45) is 1.00. The van der Waals surface area contributed by atoms with E-state index in [1.165, 1.54) is 16.0 Å². The minimum atomic E-state index is -0.944. The average molecular weight is 303 g/mol. The second-order valence-electron chi connectivity index (χ2n) is 6.24. The molecule has 1 saturated heterocycles. The second-order valence-corrected chi connectivity index (χ2v) is 6.24. The molecule has 0 radical (unpaired) electrons. The molecule has 5 heteroatoms. The van der Waals surface area contributed by atoms with Crippen LogP contribution < -0.4 is 0 Å². The van der Waals surface area contributed by atoms with Gasteiger partial charge in [-0.3, -0.25) is 4.79 Å². The van der Waals surface area contributed by atoms with Crippen LogP contribution in [0.1, 0.15) is 29.9 Å². The molecule has 4 atom stereocenters. The lowest BCUT2D eigenvalue weighted by Crippen LogP contribution is -2.41. The number of likely N-dealkylation sites (tertiary alicyclic amines) is 1. The fourth-order valence-corrected chi connectivity index (χ4v) is 3.47. The highest BCUT2D eigenvalue weighted by molar-refractivity contribution is 5.88. The van der Waals surface area contributed by atoms with Gasteiger partial charge in [0.25, 0.3) is 0 Å². The van der Waals surface area contributed by atoms with Gasteiger partial charge in [0.1, 0.15) is 6.04 Å². The van der Waals surface area contributed by atoms with Crippen molar-refractivity contribution in [2.75, 3.05) is 13.7 Å². The van der Waals surface area contributed by atoms with Gasteiger partial charge in [-0.2, -0.15) is 0 Å². The van der Waals surface area contributed by atoms with Gasteiger partial charge in [-0.25, -0.2) is 4.79 Å². The highest BCUT2D eigenvalue weighted by Crippen LogP contribution is 2.50. The summed E-state index contributed by atoms with van der Waals surface area (Å²) < 4.78 is 5.25. The molecule has 118 valence electrons. The first-order chi connectivity index (χ1) is 10.5. The Bertz CT molecular complexity index is 600. The predicted molar refractivity (Wildman–Crippen MR) is 80.6 cm³/mol. The number of nitrogens with zero attached hydrogens (tertiary/aromatic N) is 1. The van der Waals surface area contributed by atoms with Crippen molar-refractivity contribution in [3.05, 3.63) is 35.4 Å². The van der Waals surface area contributed by atoms with Crippen LogP contribution in [-0.2, 0) is 14.3 Å². The van der Waals surface area contributed by atoms with Crippen LogP contribution in [0.15, 0.2) is 24.3 Å². The van der Waals surface area contributed by atoms with Gasteiger partial charge in [0.05, 0.1) is 6.10 Å². The number of carbonyl (C=O) groups excluding carboxylic acids is 1. The first-order valence-electron chi connectivity index (χ1n) is 7.64. The summed E-state index contributed by atoms with van der Waals surface area (Å²) in [4.78, 5) is 25.6. The largest absolute Gasteiger partial charge is 0.480 e. The second kappa shape index (κ2) is 5.72. The molecular weight excluding hydrogens is 282 g/mol. The SMILES string of the molecule is COC1CC(C(=O)O)N(C(=O)C2CC2c2ccccc2C)C1. The van der Waals surface area contributed by atoms with Gasteiger partial charge in [0, 0.05) is 26.0 Å². The topological polar surface area (TPSA) is 66.8 Å². The Kier molecular flexibility index (Phi) is 3.91. The average Bonchev–Trinajstić information content (AvgIpc) is 3.16. The standard InChI is InChI=1S/C17H21NO4/c1-10-5-3-4-6-12(10)13-8-14(13)16(19)18-9-11(22-2)7-15(18)17(20)21/h3-6,11,13-15H,7-9H2,1-2H3,(H,20,21). The van der Waals surface area contributed by atoms with E-state index in [1.54, 1.807) is 7.11 Å². The fraction of sp³-hybridized carbons (Fsp3) is 0.529. The Hall–Kier alpha value is -1.88. The molecule has 1 N–H and O–H groups in total. The van der Waals surface area contributed by atoms with E-state index in [2.05, 4.69) is 6.07 Å². The number of ether oxygens (including phenoxy) is 1. The van der Waals surface area contributed by atoms with E-state index in [0.29, 0.717) is 13.0 Å². The third-order valence-corrected chi connectivity index (χ3v) is 4.86. The van der Waals surface area contributed by atoms with Crippen molar-refractivity contribution in [3.63, 3.8) is 0 Å². The summed E-state index contributed by atoms with van der Waals surface area (Å²) in [5.41, 5.74) is 2.39. The van der Waals surface area contributed by atoms with Crippen LogP contribution in [0.4, 0.5) is 0 Å². The molecule has 22 heavy (non-hydrogen) atoms. The molecule has 0 aromatic heterocycles. The number of hydrogen-bond acceptors (Lipinski definition) is 3. The van der Waals surface area contributed by atoms with Crippen LogP contribution in [0, 0.1) is 12.8 Å². The van der Waals surface area contributed by atoms with Gasteiger partial charge in [-0.05, 0) is 30.4 Å². The highest BCUT2D eigenvalue weighted by Gasteiger charge is 2.50. The van der Waals surface area contributed by atoms with Crippen LogP contribution in [0.5, 0.6) is 0 Å².